The molecule has 5 heteroatoms. The summed E-state index contributed by atoms with van der Waals surface area (Å²) in [4.78, 5) is 5.03. The van der Waals surface area contributed by atoms with Crippen LogP contribution in [0.3, 0.4) is 0 Å². The van der Waals surface area contributed by atoms with Gasteiger partial charge in [0.2, 0.25) is 0 Å². The van der Waals surface area contributed by atoms with Gasteiger partial charge in [-0.25, -0.2) is 0 Å². The third kappa shape index (κ3) is 5.35. The van der Waals surface area contributed by atoms with E-state index in [1.54, 1.807) is 0 Å². The number of hydrogen-bond acceptors (Lipinski definition) is 2. The number of hydrogen-bond donors (Lipinski definition) is 2. The van der Waals surface area contributed by atoms with Crippen LogP contribution in [0.15, 0.2) is 29.3 Å². The van der Waals surface area contributed by atoms with Crippen LogP contribution < -0.4 is 10.6 Å². The number of ether oxygens (including phenoxy) is 1. The number of aliphatic imine (C=N–C) groups is 1. The van der Waals surface area contributed by atoms with Gasteiger partial charge < -0.3 is 15.4 Å². The number of aryl methyl sites for hydroxylation is 1. The quantitative estimate of drug-likeness (QED) is 0.385. The van der Waals surface area contributed by atoms with Gasteiger partial charge in [-0.05, 0) is 50.7 Å². The molecule has 1 aromatic rings. The maximum Gasteiger partial charge on any atom is 0.191 e. The molecule has 2 aliphatic rings. The Morgan fingerprint density at radius 2 is 1.88 bits per heavy atom. The fourth-order valence-corrected chi connectivity index (χ4v) is 4.26. The molecule has 1 aromatic carbocycles. The second-order valence-electron chi connectivity index (χ2n) is 7.53. The van der Waals surface area contributed by atoms with Gasteiger partial charge in [0, 0.05) is 31.2 Å². The first-order valence-corrected chi connectivity index (χ1v) is 9.92. The largest absolute Gasteiger partial charge is 0.381 e. The van der Waals surface area contributed by atoms with Gasteiger partial charge in [-0.15, -0.1) is 24.0 Å². The molecular formula is C21H34IN3O. The lowest BCUT2D eigenvalue weighted by molar-refractivity contribution is 0.0529. The van der Waals surface area contributed by atoms with Crippen LogP contribution in [-0.4, -0.2) is 38.3 Å². The summed E-state index contributed by atoms with van der Waals surface area (Å²) < 4.78 is 5.67. The molecule has 2 N–H and O–H groups in total. The van der Waals surface area contributed by atoms with Crippen molar-refractivity contribution in [3.05, 3.63) is 35.4 Å². The van der Waals surface area contributed by atoms with E-state index in [9.17, 15) is 0 Å². The Hall–Kier alpha value is -0.820. The molecule has 1 saturated carbocycles. The fraction of sp³-hybridized carbons (Fsp3) is 0.667. The zero-order valence-electron chi connectivity index (χ0n) is 16.2. The lowest BCUT2D eigenvalue weighted by Crippen LogP contribution is -2.44. The second-order valence-corrected chi connectivity index (χ2v) is 7.53. The number of guanidine groups is 1. The summed E-state index contributed by atoms with van der Waals surface area (Å²) >= 11 is 0. The van der Waals surface area contributed by atoms with Crippen LogP contribution in [0, 0.1) is 6.92 Å². The molecule has 146 valence electrons. The van der Waals surface area contributed by atoms with Gasteiger partial charge in [-0.2, -0.15) is 0 Å². The monoisotopic (exact) mass is 471 g/mol. The van der Waals surface area contributed by atoms with Gasteiger partial charge in [-0.1, -0.05) is 37.1 Å². The van der Waals surface area contributed by atoms with Crippen molar-refractivity contribution in [1.82, 2.24) is 10.6 Å². The van der Waals surface area contributed by atoms with Gasteiger partial charge in [0.25, 0.3) is 0 Å². The van der Waals surface area contributed by atoms with Crippen LogP contribution in [0.2, 0.25) is 0 Å². The Morgan fingerprint density at radius 1 is 1.19 bits per heavy atom. The Morgan fingerprint density at radius 3 is 2.54 bits per heavy atom. The molecule has 2 fully saturated rings. The van der Waals surface area contributed by atoms with E-state index in [0.717, 1.165) is 45.1 Å². The number of nitrogens with one attached hydrogen (secondary N) is 2. The molecular weight excluding hydrogens is 437 g/mol. The minimum Gasteiger partial charge on any atom is -0.381 e. The Balaban J connectivity index is 0.00000243. The summed E-state index contributed by atoms with van der Waals surface area (Å²) in [5.74, 6) is 0.980. The highest BCUT2D eigenvalue weighted by molar-refractivity contribution is 14.0. The highest BCUT2D eigenvalue weighted by atomic mass is 127. The number of nitrogens with zero attached hydrogens (tertiary/aromatic N) is 1. The lowest BCUT2D eigenvalue weighted by Gasteiger charge is -2.37. The van der Waals surface area contributed by atoms with Crippen LogP contribution in [-0.2, 0) is 10.2 Å². The molecule has 26 heavy (non-hydrogen) atoms. The van der Waals surface area contributed by atoms with E-state index in [0.29, 0.717) is 6.04 Å². The maximum absolute atomic E-state index is 5.67. The Bertz CT molecular complexity index is 578. The van der Waals surface area contributed by atoms with Crippen molar-refractivity contribution >= 4 is 29.9 Å². The molecule has 4 nitrogen and oxygen atoms in total. The summed E-state index contributed by atoms with van der Waals surface area (Å²) in [5, 5.41) is 7.09. The first kappa shape index (κ1) is 21.5. The van der Waals surface area contributed by atoms with E-state index >= 15 is 0 Å². The summed E-state index contributed by atoms with van der Waals surface area (Å²) in [7, 11) is 0. The second kappa shape index (κ2) is 10.5. The molecule has 0 radical (unpaired) electrons. The van der Waals surface area contributed by atoms with Gasteiger partial charge >= 0.3 is 0 Å². The summed E-state index contributed by atoms with van der Waals surface area (Å²) in [6.07, 6.45) is 7.29. The average molecular weight is 471 g/mol. The van der Waals surface area contributed by atoms with Crippen molar-refractivity contribution in [3.8, 4) is 0 Å². The third-order valence-corrected chi connectivity index (χ3v) is 5.75. The van der Waals surface area contributed by atoms with Crippen LogP contribution in [0.5, 0.6) is 0 Å². The Kier molecular flexibility index (Phi) is 8.67. The topological polar surface area (TPSA) is 45.7 Å². The molecule has 1 heterocycles. The summed E-state index contributed by atoms with van der Waals surface area (Å²) in [6.45, 7) is 7.74. The van der Waals surface area contributed by atoms with Crippen molar-refractivity contribution in [2.75, 3.05) is 26.3 Å². The van der Waals surface area contributed by atoms with Gasteiger partial charge in [0.05, 0.1) is 6.54 Å². The first-order chi connectivity index (χ1) is 12.2. The molecule has 0 bridgehead atoms. The molecule has 1 aliphatic heterocycles. The van der Waals surface area contributed by atoms with Crippen molar-refractivity contribution in [2.45, 2.75) is 63.8 Å². The SMILES string of the molecule is CCNC(=NCC1(c2ccccc2C)CCOCC1)NC1CCCC1.I. The molecule has 1 aliphatic carbocycles. The minimum absolute atomic E-state index is 0. The summed E-state index contributed by atoms with van der Waals surface area (Å²) in [6, 6.07) is 9.37. The normalized spacial score (nSPS) is 20.5. The maximum atomic E-state index is 5.67. The smallest absolute Gasteiger partial charge is 0.191 e. The van der Waals surface area contributed by atoms with Gasteiger partial charge in [0.1, 0.15) is 0 Å². The average Bonchev–Trinajstić information content (AvgIpc) is 3.14. The summed E-state index contributed by atoms with van der Waals surface area (Å²) in [5.41, 5.74) is 2.91. The zero-order chi connectivity index (χ0) is 17.5. The number of rotatable bonds is 5. The van der Waals surface area contributed by atoms with E-state index in [1.807, 2.05) is 0 Å². The molecule has 1 saturated heterocycles. The lowest BCUT2D eigenvalue weighted by atomic mass is 9.72. The molecule has 0 aromatic heterocycles. The highest BCUT2D eigenvalue weighted by Crippen LogP contribution is 2.37. The molecule has 0 amide bonds. The van der Waals surface area contributed by atoms with E-state index in [1.165, 1.54) is 36.8 Å². The van der Waals surface area contributed by atoms with Crippen molar-refractivity contribution in [2.24, 2.45) is 4.99 Å². The van der Waals surface area contributed by atoms with Gasteiger partial charge in [-0.3, -0.25) is 4.99 Å². The minimum atomic E-state index is 0. The van der Waals surface area contributed by atoms with E-state index < -0.39 is 0 Å². The molecule has 0 atom stereocenters. The van der Waals surface area contributed by atoms with Crippen molar-refractivity contribution < 1.29 is 4.74 Å². The molecule has 3 rings (SSSR count). The van der Waals surface area contributed by atoms with Crippen LogP contribution >= 0.6 is 24.0 Å². The first-order valence-electron chi connectivity index (χ1n) is 9.92. The molecule has 0 spiro atoms. The van der Waals surface area contributed by atoms with Crippen LogP contribution in [0.25, 0.3) is 0 Å². The van der Waals surface area contributed by atoms with Gasteiger partial charge in [0.15, 0.2) is 5.96 Å². The number of benzene rings is 1. The highest BCUT2D eigenvalue weighted by Gasteiger charge is 2.35. The third-order valence-electron chi connectivity index (χ3n) is 5.75. The predicted octanol–water partition coefficient (Wildman–Crippen LogP) is 4.16. The fourth-order valence-electron chi connectivity index (χ4n) is 4.26. The number of halogens is 1. The molecule has 0 unspecified atom stereocenters. The van der Waals surface area contributed by atoms with E-state index in [2.05, 4.69) is 48.7 Å². The van der Waals surface area contributed by atoms with E-state index in [-0.39, 0.29) is 29.4 Å². The van der Waals surface area contributed by atoms with Crippen molar-refractivity contribution in [1.29, 1.82) is 0 Å². The Labute approximate surface area is 175 Å². The standard InChI is InChI=1S/C21H33N3O.HI/c1-3-22-20(24-18-9-5-6-10-18)23-16-21(12-14-25-15-13-21)19-11-7-4-8-17(19)2;/h4,7-8,11,18H,3,5-6,9-10,12-16H2,1-2H3,(H2,22,23,24);1H. The van der Waals surface area contributed by atoms with Crippen LogP contribution in [0.4, 0.5) is 0 Å². The zero-order valence-corrected chi connectivity index (χ0v) is 18.6. The van der Waals surface area contributed by atoms with Crippen LogP contribution in [0.1, 0.15) is 56.6 Å². The van der Waals surface area contributed by atoms with Crippen molar-refractivity contribution in [3.63, 3.8) is 0 Å². The predicted molar refractivity (Wildman–Crippen MR) is 120 cm³/mol. The van der Waals surface area contributed by atoms with E-state index in [4.69, 9.17) is 9.73 Å².